The molecule has 0 fully saturated rings. The van der Waals surface area contributed by atoms with Gasteiger partial charge in [0.15, 0.2) is 5.78 Å². The van der Waals surface area contributed by atoms with Crippen molar-refractivity contribution >= 4 is 53.5 Å². The molecule has 0 bridgehead atoms. The van der Waals surface area contributed by atoms with E-state index >= 15 is 0 Å². The number of carbonyl (C=O) groups excluding carboxylic acids is 2. The third-order valence-corrected chi connectivity index (χ3v) is 3.86. The van der Waals surface area contributed by atoms with Gasteiger partial charge in [-0.05, 0) is 18.2 Å². The van der Waals surface area contributed by atoms with E-state index in [0.717, 1.165) is 22.9 Å². The average Bonchev–Trinajstić information content (AvgIpc) is 2.87. The van der Waals surface area contributed by atoms with Crippen LogP contribution in [0, 0.1) is 0 Å². The summed E-state index contributed by atoms with van der Waals surface area (Å²) in [6.45, 7) is 0. The molecule has 0 saturated heterocycles. The van der Waals surface area contributed by atoms with Gasteiger partial charge in [-0.15, -0.1) is 24.8 Å². The molecular formula is C16H14Cl2F3N5O2. The Kier molecular flexibility index (Phi) is 6.55. The molecule has 3 rings (SSSR count). The monoisotopic (exact) mass is 435 g/mol. The Balaban J connectivity index is 0.00000196. The van der Waals surface area contributed by atoms with Gasteiger partial charge in [-0.25, -0.2) is 9.66 Å². The highest BCUT2D eigenvalue weighted by atomic mass is 35.5. The summed E-state index contributed by atoms with van der Waals surface area (Å²) >= 11 is 0. The molecule has 2 aromatic carbocycles. The fourth-order valence-corrected chi connectivity index (χ4v) is 2.69. The molecule has 0 atom stereocenters. The van der Waals surface area contributed by atoms with E-state index in [-0.39, 0.29) is 52.9 Å². The van der Waals surface area contributed by atoms with E-state index in [1.54, 1.807) is 0 Å². The Hall–Kier alpha value is -2.98. The number of primary amides is 1. The van der Waals surface area contributed by atoms with Crippen LogP contribution < -0.4 is 17.3 Å². The highest BCUT2D eigenvalue weighted by Crippen LogP contribution is 2.34. The lowest BCUT2D eigenvalue weighted by atomic mass is 9.93. The van der Waals surface area contributed by atoms with Gasteiger partial charge < -0.3 is 17.3 Å². The van der Waals surface area contributed by atoms with Gasteiger partial charge in [-0.1, -0.05) is 18.2 Å². The van der Waals surface area contributed by atoms with Gasteiger partial charge in [-0.3, -0.25) is 9.59 Å². The standard InChI is InChI=1S/C16H12F3N5O2.2ClH/c17-16(18,19)9-4-2-1-3-7(9)13(25)8-5-6-10-12(11(8)14(20)26)23-15(21)24(10)22;;/h1-6H,22H2,(H2,20,26)(H2,21,23);2*1H. The minimum atomic E-state index is -4.74. The zero-order chi connectivity index (χ0) is 19.2. The quantitative estimate of drug-likeness (QED) is 0.429. The average molecular weight is 436 g/mol. The van der Waals surface area contributed by atoms with Crippen LogP contribution in [-0.2, 0) is 6.18 Å². The molecular weight excluding hydrogens is 422 g/mol. The van der Waals surface area contributed by atoms with Gasteiger partial charge in [0.25, 0.3) is 5.91 Å². The number of ketones is 1. The molecule has 0 saturated carbocycles. The van der Waals surface area contributed by atoms with Gasteiger partial charge in [0.05, 0.1) is 16.6 Å². The molecule has 0 unspecified atom stereocenters. The van der Waals surface area contributed by atoms with Gasteiger partial charge in [-0.2, -0.15) is 13.2 Å². The molecule has 1 aromatic heterocycles. The number of amides is 1. The van der Waals surface area contributed by atoms with Crippen molar-refractivity contribution in [2.45, 2.75) is 6.18 Å². The molecule has 1 heterocycles. The summed E-state index contributed by atoms with van der Waals surface area (Å²) in [6, 6.07) is 6.75. The first-order valence-corrected chi connectivity index (χ1v) is 7.19. The third-order valence-electron chi connectivity index (χ3n) is 3.86. The van der Waals surface area contributed by atoms with Crippen molar-refractivity contribution in [3.63, 3.8) is 0 Å². The Morgan fingerprint density at radius 1 is 1.00 bits per heavy atom. The van der Waals surface area contributed by atoms with E-state index in [0.29, 0.717) is 0 Å². The summed E-state index contributed by atoms with van der Waals surface area (Å²) in [4.78, 5) is 28.5. The Morgan fingerprint density at radius 3 is 2.18 bits per heavy atom. The van der Waals surface area contributed by atoms with Crippen molar-refractivity contribution in [3.05, 3.63) is 58.7 Å². The number of nitrogen functional groups attached to an aromatic ring is 2. The second kappa shape index (κ2) is 7.95. The normalized spacial score (nSPS) is 10.8. The lowest BCUT2D eigenvalue weighted by Gasteiger charge is -2.13. The van der Waals surface area contributed by atoms with Crippen LogP contribution in [0.4, 0.5) is 19.1 Å². The first kappa shape index (κ1) is 23.1. The maximum absolute atomic E-state index is 13.2. The number of carbonyl (C=O) groups is 2. The van der Waals surface area contributed by atoms with E-state index in [2.05, 4.69) is 4.98 Å². The summed E-state index contributed by atoms with van der Waals surface area (Å²) in [5, 5.41) is 0. The van der Waals surface area contributed by atoms with Crippen LogP contribution in [0.15, 0.2) is 36.4 Å². The molecule has 0 radical (unpaired) electrons. The molecule has 0 spiro atoms. The molecule has 0 aliphatic carbocycles. The van der Waals surface area contributed by atoms with Gasteiger partial charge in [0.2, 0.25) is 5.95 Å². The zero-order valence-corrected chi connectivity index (χ0v) is 15.5. The third kappa shape index (κ3) is 3.69. The Bertz CT molecular complexity index is 1070. The largest absolute Gasteiger partial charge is 0.417 e. The maximum atomic E-state index is 13.2. The number of benzene rings is 2. The summed E-state index contributed by atoms with van der Waals surface area (Å²) in [6.07, 6.45) is -4.74. The van der Waals surface area contributed by atoms with E-state index in [1.165, 1.54) is 18.2 Å². The number of hydrogen-bond acceptors (Lipinski definition) is 5. The summed E-state index contributed by atoms with van der Waals surface area (Å²) in [7, 11) is 0. The highest BCUT2D eigenvalue weighted by Gasteiger charge is 2.36. The van der Waals surface area contributed by atoms with Gasteiger partial charge in [0.1, 0.15) is 5.52 Å². The molecule has 12 heteroatoms. The molecule has 1 amide bonds. The van der Waals surface area contributed by atoms with Crippen molar-refractivity contribution in [1.29, 1.82) is 0 Å². The summed E-state index contributed by atoms with van der Waals surface area (Å²) < 4.78 is 40.6. The number of anilines is 1. The van der Waals surface area contributed by atoms with Crippen LogP contribution in [0.2, 0.25) is 0 Å². The van der Waals surface area contributed by atoms with Crippen LogP contribution in [0.25, 0.3) is 11.0 Å². The second-order valence-corrected chi connectivity index (χ2v) is 5.43. The van der Waals surface area contributed by atoms with Crippen molar-refractivity contribution in [3.8, 4) is 0 Å². The van der Waals surface area contributed by atoms with E-state index in [1.807, 2.05) is 0 Å². The van der Waals surface area contributed by atoms with Crippen LogP contribution in [0.3, 0.4) is 0 Å². The first-order valence-electron chi connectivity index (χ1n) is 7.19. The van der Waals surface area contributed by atoms with E-state index in [9.17, 15) is 22.8 Å². The molecule has 0 aliphatic heterocycles. The minimum Gasteiger partial charge on any atom is -0.368 e. The Labute approximate surface area is 168 Å². The fourth-order valence-electron chi connectivity index (χ4n) is 2.69. The number of alkyl halides is 3. The van der Waals surface area contributed by atoms with Crippen molar-refractivity contribution in [2.75, 3.05) is 11.6 Å². The van der Waals surface area contributed by atoms with Crippen molar-refractivity contribution in [1.82, 2.24) is 9.66 Å². The predicted octanol–water partition coefficient (Wildman–Crippen LogP) is 2.52. The number of nitrogens with two attached hydrogens (primary N) is 3. The van der Waals surface area contributed by atoms with Crippen molar-refractivity contribution < 1.29 is 22.8 Å². The Morgan fingerprint density at radius 2 is 1.61 bits per heavy atom. The minimum absolute atomic E-state index is 0. The summed E-state index contributed by atoms with van der Waals surface area (Å²) in [5.41, 5.74) is 8.66. The van der Waals surface area contributed by atoms with Gasteiger partial charge in [0, 0.05) is 11.1 Å². The number of imidazole rings is 1. The smallest absolute Gasteiger partial charge is 0.368 e. The molecule has 6 N–H and O–H groups in total. The second-order valence-electron chi connectivity index (χ2n) is 5.43. The maximum Gasteiger partial charge on any atom is 0.417 e. The number of nitrogens with zero attached hydrogens (tertiary/aromatic N) is 2. The summed E-state index contributed by atoms with van der Waals surface area (Å²) in [5.74, 6) is 3.46. The van der Waals surface area contributed by atoms with Crippen LogP contribution in [0.1, 0.15) is 31.8 Å². The number of rotatable bonds is 3. The molecule has 0 aliphatic rings. The molecule has 150 valence electrons. The SMILES string of the molecule is Cl.Cl.NC(=O)c1c(C(=O)c2ccccc2C(F)(F)F)ccc2c1nc(N)n2N. The number of halogens is 5. The van der Waals surface area contributed by atoms with Crippen LogP contribution in [0.5, 0.6) is 0 Å². The lowest BCUT2D eigenvalue weighted by Crippen LogP contribution is -2.20. The highest BCUT2D eigenvalue weighted by molar-refractivity contribution is 6.19. The van der Waals surface area contributed by atoms with Crippen LogP contribution in [-0.4, -0.2) is 21.4 Å². The topological polar surface area (TPSA) is 130 Å². The molecule has 7 nitrogen and oxygen atoms in total. The van der Waals surface area contributed by atoms with E-state index < -0.39 is 29.0 Å². The van der Waals surface area contributed by atoms with Gasteiger partial charge >= 0.3 is 6.18 Å². The molecule has 3 aromatic rings. The molecule has 28 heavy (non-hydrogen) atoms. The zero-order valence-electron chi connectivity index (χ0n) is 13.9. The lowest BCUT2D eigenvalue weighted by molar-refractivity contribution is -0.137. The fraction of sp³-hybridized carbons (Fsp3) is 0.0625. The first-order chi connectivity index (χ1) is 12.1. The number of aromatic nitrogens is 2. The predicted molar refractivity (Wildman–Crippen MR) is 102 cm³/mol. The van der Waals surface area contributed by atoms with Crippen LogP contribution >= 0.6 is 24.8 Å². The number of hydrogen-bond donors (Lipinski definition) is 3. The van der Waals surface area contributed by atoms with E-state index in [4.69, 9.17) is 17.3 Å². The van der Waals surface area contributed by atoms with Crippen molar-refractivity contribution in [2.24, 2.45) is 5.73 Å². The number of fused-ring (bicyclic) bond motifs is 1.